The fourth-order valence-electron chi connectivity index (χ4n) is 2.10. The number of ether oxygens (including phenoxy) is 1. The van der Waals surface area contributed by atoms with Gasteiger partial charge in [0.25, 0.3) is 0 Å². The van der Waals surface area contributed by atoms with E-state index in [1.165, 1.54) is 6.92 Å². The summed E-state index contributed by atoms with van der Waals surface area (Å²) in [6, 6.07) is 0.408. The van der Waals surface area contributed by atoms with Crippen LogP contribution in [0.2, 0.25) is 0 Å². The molecule has 0 heterocycles. The van der Waals surface area contributed by atoms with Crippen molar-refractivity contribution in [3.05, 3.63) is 0 Å². The van der Waals surface area contributed by atoms with E-state index in [0.717, 1.165) is 25.7 Å². The third kappa shape index (κ3) is 6.37. The zero-order valence-electron chi connectivity index (χ0n) is 11.3. The van der Waals surface area contributed by atoms with Crippen molar-refractivity contribution in [2.75, 3.05) is 6.61 Å². The van der Waals surface area contributed by atoms with Crippen molar-refractivity contribution in [3.8, 4) is 0 Å². The Morgan fingerprint density at radius 2 is 1.68 bits per heavy atom. The molecule has 0 bridgehead atoms. The first-order chi connectivity index (χ1) is 9.01. The van der Waals surface area contributed by atoms with Crippen molar-refractivity contribution in [1.82, 2.24) is 16.0 Å². The summed E-state index contributed by atoms with van der Waals surface area (Å²) in [6.45, 7) is 3.59. The largest absolute Gasteiger partial charge is 0.450 e. The molecule has 1 aliphatic rings. The standard InChI is InChI=1S/C12H21N3O3S/c1-3-18-12(17)15-10-6-4-9(5-7-10)14-11(19)13-8(2)16/h9-10H,3-7H2,1-2H3,(H,15,17)(H2,13,14,16,19). The van der Waals surface area contributed by atoms with Gasteiger partial charge in [-0.15, -0.1) is 0 Å². The Morgan fingerprint density at radius 1 is 1.16 bits per heavy atom. The topological polar surface area (TPSA) is 79.5 Å². The highest BCUT2D eigenvalue weighted by Crippen LogP contribution is 2.18. The second kappa shape index (κ2) is 7.93. The Balaban J connectivity index is 2.23. The van der Waals surface area contributed by atoms with E-state index in [-0.39, 0.29) is 24.1 Å². The molecule has 1 fully saturated rings. The number of alkyl carbamates (subject to hydrolysis) is 1. The average Bonchev–Trinajstić information content (AvgIpc) is 2.31. The Bertz CT molecular complexity index is 341. The number of nitrogens with one attached hydrogen (secondary N) is 3. The second-order valence-electron chi connectivity index (χ2n) is 4.57. The zero-order valence-corrected chi connectivity index (χ0v) is 12.1. The van der Waals surface area contributed by atoms with Crippen LogP contribution in [-0.2, 0) is 9.53 Å². The van der Waals surface area contributed by atoms with Gasteiger partial charge in [-0.2, -0.15) is 0 Å². The number of amides is 2. The molecular weight excluding hydrogens is 266 g/mol. The molecule has 7 heteroatoms. The van der Waals surface area contributed by atoms with Crippen molar-refractivity contribution >= 4 is 29.3 Å². The molecule has 0 aromatic carbocycles. The van der Waals surface area contributed by atoms with Crippen molar-refractivity contribution in [3.63, 3.8) is 0 Å². The number of hydrogen-bond donors (Lipinski definition) is 3. The van der Waals surface area contributed by atoms with Crippen LogP contribution in [0.25, 0.3) is 0 Å². The summed E-state index contributed by atoms with van der Waals surface area (Å²) in [6.07, 6.45) is 3.19. The third-order valence-electron chi connectivity index (χ3n) is 2.95. The lowest BCUT2D eigenvalue weighted by Gasteiger charge is -2.29. The molecule has 2 amide bonds. The number of hydrogen-bond acceptors (Lipinski definition) is 4. The molecule has 0 radical (unpaired) electrons. The van der Waals surface area contributed by atoms with Crippen LogP contribution in [0.4, 0.5) is 4.79 Å². The summed E-state index contributed by atoms with van der Waals surface area (Å²) in [5.74, 6) is -0.171. The van der Waals surface area contributed by atoms with E-state index in [1.807, 2.05) is 0 Å². The van der Waals surface area contributed by atoms with Crippen LogP contribution in [0.1, 0.15) is 39.5 Å². The van der Waals surface area contributed by atoms with Crippen LogP contribution >= 0.6 is 12.2 Å². The molecule has 108 valence electrons. The van der Waals surface area contributed by atoms with Crippen molar-refractivity contribution in [2.24, 2.45) is 0 Å². The van der Waals surface area contributed by atoms with Crippen LogP contribution in [-0.4, -0.2) is 35.8 Å². The molecule has 0 atom stereocenters. The minimum absolute atomic E-state index is 0.159. The lowest BCUT2D eigenvalue weighted by Crippen LogP contribution is -2.47. The van der Waals surface area contributed by atoms with E-state index in [2.05, 4.69) is 16.0 Å². The highest BCUT2D eigenvalue weighted by atomic mass is 32.1. The predicted octanol–water partition coefficient (Wildman–Crippen LogP) is 1.05. The quantitative estimate of drug-likeness (QED) is 0.676. The smallest absolute Gasteiger partial charge is 0.407 e. The minimum Gasteiger partial charge on any atom is -0.450 e. The van der Waals surface area contributed by atoms with Gasteiger partial charge in [0, 0.05) is 19.0 Å². The molecule has 0 saturated heterocycles. The minimum atomic E-state index is -0.354. The maximum atomic E-state index is 11.3. The molecule has 0 spiro atoms. The van der Waals surface area contributed by atoms with E-state index < -0.39 is 0 Å². The summed E-state index contributed by atoms with van der Waals surface area (Å²) in [7, 11) is 0. The highest BCUT2D eigenvalue weighted by molar-refractivity contribution is 7.80. The first-order valence-electron chi connectivity index (χ1n) is 6.52. The molecule has 0 aromatic heterocycles. The van der Waals surface area contributed by atoms with Crippen molar-refractivity contribution in [1.29, 1.82) is 0 Å². The van der Waals surface area contributed by atoms with Gasteiger partial charge in [-0.1, -0.05) is 0 Å². The van der Waals surface area contributed by atoms with Gasteiger partial charge in [-0.25, -0.2) is 4.79 Å². The van der Waals surface area contributed by atoms with Gasteiger partial charge in [-0.3, -0.25) is 4.79 Å². The van der Waals surface area contributed by atoms with Crippen LogP contribution in [0.5, 0.6) is 0 Å². The summed E-state index contributed by atoms with van der Waals surface area (Å²) < 4.78 is 4.85. The van der Waals surface area contributed by atoms with Gasteiger partial charge >= 0.3 is 6.09 Å². The molecule has 19 heavy (non-hydrogen) atoms. The first-order valence-corrected chi connectivity index (χ1v) is 6.93. The maximum Gasteiger partial charge on any atom is 0.407 e. The Labute approximate surface area is 118 Å². The molecular formula is C12H21N3O3S. The summed E-state index contributed by atoms with van der Waals surface area (Å²) in [4.78, 5) is 22.1. The van der Waals surface area contributed by atoms with Gasteiger partial charge in [0.15, 0.2) is 5.11 Å². The van der Waals surface area contributed by atoms with E-state index in [0.29, 0.717) is 11.7 Å². The van der Waals surface area contributed by atoms with Crippen LogP contribution in [0, 0.1) is 0 Å². The third-order valence-corrected chi connectivity index (χ3v) is 3.17. The lowest BCUT2D eigenvalue weighted by atomic mass is 9.91. The second-order valence-corrected chi connectivity index (χ2v) is 4.98. The van der Waals surface area contributed by atoms with E-state index in [9.17, 15) is 9.59 Å². The van der Waals surface area contributed by atoms with Gasteiger partial charge in [0.2, 0.25) is 5.91 Å². The van der Waals surface area contributed by atoms with Gasteiger partial charge in [-0.05, 0) is 44.8 Å². The fourth-order valence-corrected chi connectivity index (χ4v) is 2.41. The summed E-state index contributed by atoms with van der Waals surface area (Å²) in [5, 5.41) is 8.85. The van der Waals surface area contributed by atoms with Crippen molar-refractivity contribution in [2.45, 2.75) is 51.6 Å². The Morgan fingerprint density at radius 3 is 2.16 bits per heavy atom. The first kappa shape index (κ1) is 15.7. The molecule has 1 saturated carbocycles. The maximum absolute atomic E-state index is 11.3. The van der Waals surface area contributed by atoms with Crippen LogP contribution < -0.4 is 16.0 Å². The fraction of sp³-hybridized carbons (Fsp3) is 0.750. The normalized spacial score (nSPS) is 22.2. The monoisotopic (exact) mass is 287 g/mol. The van der Waals surface area contributed by atoms with E-state index in [1.54, 1.807) is 6.92 Å². The van der Waals surface area contributed by atoms with E-state index in [4.69, 9.17) is 17.0 Å². The van der Waals surface area contributed by atoms with E-state index >= 15 is 0 Å². The summed E-state index contributed by atoms with van der Waals surface area (Å²) >= 11 is 5.01. The zero-order chi connectivity index (χ0) is 14.3. The van der Waals surface area contributed by atoms with Gasteiger partial charge in [0.05, 0.1) is 6.61 Å². The van der Waals surface area contributed by atoms with Crippen LogP contribution in [0.3, 0.4) is 0 Å². The Kier molecular flexibility index (Phi) is 6.55. The molecule has 1 rings (SSSR count). The van der Waals surface area contributed by atoms with Gasteiger partial charge in [0.1, 0.15) is 0 Å². The SMILES string of the molecule is CCOC(=O)NC1CCC(NC(=S)NC(C)=O)CC1. The molecule has 0 aromatic rings. The summed E-state index contributed by atoms with van der Waals surface area (Å²) in [5.41, 5.74) is 0. The average molecular weight is 287 g/mol. The molecule has 3 N–H and O–H groups in total. The predicted molar refractivity (Wildman–Crippen MR) is 75.8 cm³/mol. The molecule has 6 nitrogen and oxygen atoms in total. The number of carbonyl (C=O) groups is 2. The lowest BCUT2D eigenvalue weighted by molar-refractivity contribution is -0.117. The highest BCUT2D eigenvalue weighted by Gasteiger charge is 2.23. The molecule has 0 unspecified atom stereocenters. The number of rotatable bonds is 3. The Hall–Kier alpha value is -1.37. The van der Waals surface area contributed by atoms with Gasteiger partial charge < -0.3 is 20.7 Å². The number of carbonyl (C=O) groups excluding carboxylic acids is 2. The molecule has 0 aliphatic heterocycles. The molecule has 1 aliphatic carbocycles. The number of thiocarbonyl (C=S) groups is 1. The van der Waals surface area contributed by atoms with Crippen molar-refractivity contribution < 1.29 is 14.3 Å². The van der Waals surface area contributed by atoms with Crippen LogP contribution in [0.15, 0.2) is 0 Å².